The number of hydrogen-bond acceptors (Lipinski definition) is 6. The molecule has 2 rings (SSSR count). The number of piperazine rings is 1. The van der Waals surface area contributed by atoms with E-state index in [1.165, 1.54) is 0 Å². The Balaban J connectivity index is 0.00000180. The van der Waals surface area contributed by atoms with Gasteiger partial charge in [-0.2, -0.15) is 4.98 Å². The summed E-state index contributed by atoms with van der Waals surface area (Å²) >= 11 is 0. The smallest absolute Gasteiger partial charge is 0.240 e. The summed E-state index contributed by atoms with van der Waals surface area (Å²) in [6.07, 6.45) is 0. The fourth-order valence-corrected chi connectivity index (χ4v) is 2.04. The second-order valence-electron chi connectivity index (χ2n) is 5.44. The van der Waals surface area contributed by atoms with Gasteiger partial charge in [0.2, 0.25) is 5.89 Å². The van der Waals surface area contributed by atoms with Gasteiger partial charge in [0, 0.05) is 26.2 Å². The Kier molecular flexibility index (Phi) is 7.98. The average Bonchev–Trinajstić information content (AvgIpc) is 2.78. The molecule has 1 aliphatic rings. The van der Waals surface area contributed by atoms with Crippen LogP contribution >= 0.6 is 24.8 Å². The molecule has 1 aliphatic heterocycles. The van der Waals surface area contributed by atoms with Crippen molar-refractivity contribution in [1.82, 2.24) is 19.9 Å². The van der Waals surface area contributed by atoms with Crippen molar-refractivity contribution in [2.45, 2.75) is 32.9 Å². The van der Waals surface area contributed by atoms with Gasteiger partial charge in [-0.05, 0) is 20.4 Å². The third-order valence-electron chi connectivity index (χ3n) is 3.32. The zero-order chi connectivity index (χ0) is 13.2. The molecule has 20 heavy (non-hydrogen) atoms. The van der Waals surface area contributed by atoms with E-state index in [1.807, 2.05) is 13.8 Å². The molecular weight excluding hydrogens is 301 g/mol. The Morgan fingerprint density at radius 3 is 2.15 bits per heavy atom. The molecule has 2 N–H and O–H groups in total. The van der Waals surface area contributed by atoms with E-state index in [9.17, 15) is 0 Å². The van der Waals surface area contributed by atoms with E-state index < -0.39 is 5.54 Å². The normalized spacial score (nSPS) is 17.4. The van der Waals surface area contributed by atoms with Crippen molar-refractivity contribution in [2.75, 3.05) is 32.7 Å². The van der Waals surface area contributed by atoms with Crippen LogP contribution in [0.2, 0.25) is 0 Å². The minimum atomic E-state index is -0.539. The number of nitrogens with two attached hydrogens (primary N) is 1. The van der Waals surface area contributed by atoms with Crippen molar-refractivity contribution in [3.05, 3.63) is 11.7 Å². The predicted octanol–water partition coefficient (Wildman–Crippen LogP) is 1.24. The lowest BCUT2D eigenvalue weighted by Gasteiger charge is -2.33. The van der Waals surface area contributed by atoms with Crippen LogP contribution in [-0.4, -0.2) is 52.7 Å². The molecule has 0 aliphatic carbocycles. The Morgan fingerprint density at radius 2 is 1.70 bits per heavy atom. The van der Waals surface area contributed by atoms with Crippen LogP contribution in [0.25, 0.3) is 0 Å². The standard InChI is InChI=1S/C12H23N5O.2ClH/c1-4-16-5-7-17(8-6-16)9-10-14-11(15-18-10)12(2,3)13;;/h4-9,13H2,1-3H3;2*1H. The zero-order valence-electron chi connectivity index (χ0n) is 12.3. The van der Waals surface area contributed by atoms with Gasteiger partial charge in [-0.3, -0.25) is 4.90 Å². The lowest BCUT2D eigenvalue weighted by molar-refractivity contribution is 0.121. The van der Waals surface area contributed by atoms with Crippen molar-refractivity contribution >= 4 is 24.8 Å². The Hall–Kier alpha value is -0.400. The summed E-state index contributed by atoms with van der Waals surface area (Å²) in [5.74, 6) is 1.23. The van der Waals surface area contributed by atoms with Crippen LogP contribution < -0.4 is 5.73 Å². The van der Waals surface area contributed by atoms with E-state index in [-0.39, 0.29) is 24.8 Å². The highest BCUT2D eigenvalue weighted by atomic mass is 35.5. The highest BCUT2D eigenvalue weighted by Crippen LogP contribution is 2.14. The Morgan fingerprint density at radius 1 is 1.15 bits per heavy atom. The molecular formula is C12H25Cl2N5O. The lowest BCUT2D eigenvalue weighted by atomic mass is 10.1. The van der Waals surface area contributed by atoms with Crippen molar-refractivity contribution in [1.29, 1.82) is 0 Å². The number of aromatic nitrogens is 2. The molecule has 1 fully saturated rings. The minimum Gasteiger partial charge on any atom is -0.338 e. The molecule has 8 heteroatoms. The maximum Gasteiger partial charge on any atom is 0.240 e. The van der Waals surface area contributed by atoms with E-state index in [2.05, 4.69) is 26.9 Å². The molecule has 0 amide bonds. The van der Waals surface area contributed by atoms with E-state index in [0.29, 0.717) is 11.7 Å². The molecule has 1 saturated heterocycles. The van der Waals surface area contributed by atoms with E-state index in [4.69, 9.17) is 10.3 Å². The summed E-state index contributed by atoms with van der Waals surface area (Å²) < 4.78 is 5.25. The number of nitrogens with zero attached hydrogens (tertiary/aromatic N) is 4. The summed E-state index contributed by atoms with van der Waals surface area (Å²) in [6.45, 7) is 12.1. The molecule has 2 heterocycles. The second kappa shape index (κ2) is 8.14. The monoisotopic (exact) mass is 325 g/mol. The summed E-state index contributed by atoms with van der Waals surface area (Å²) in [5, 5.41) is 3.94. The SMILES string of the molecule is CCN1CCN(Cc2nc(C(C)(C)N)no2)CC1.Cl.Cl. The van der Waals surface area contributed by atoms with Crippen LogP contribution in [0.5, 0.6) is 0 Å². The maximum atomic E-state index is 5.93. The van der Waals surface area contributed by atoms with Crippen molar-refractivity contribution < 1.29 is 4.52 Å². The molecule has 0 spiro atoms. The zero-order valence-corrected chi connectivity index (χ0v) is 14.0. The molecule has 118 valence electrons. The van der Waals surface area contributed by atoms with Gasteiger partial charge in [0.1, 0.15) is 0 Å². The van der Waals surface area contributed by atoms with Gasteiger partial charge >= 0.3 is 0 Å². The molecule has 1 aromatic heterocycles. The Labute approximate surface area is 132 Å². The van der Waals surface area contributed by atoms with Gasteiger partial charge in [0.15, 0.2) is 5.82 Å². The maximum absolute atomic E-state index is 5.93. The summed E-state index contributed by atoms with van der Waals surface area (Å²) in [6, 6.07) is 0. The van der Waals surface area contributed by atoms with Crippen LogP contribution in [0.3, 0.4) is 0 Å². The van der Waals surface area contributed by atoms with Gasteiger partial charge in [-0.1, -0.05) is 12.1 Å². The second-order valence-corrected chi connectivity index (χ2v) is 5.44. The first-order valence-corrected chi connectivity index (χ1v) is 6.55. The molecule has 0 bridgehead atoms. The molecule has 6 nitrogen and oxygen atoms in total. The largest absolute Gasteiger partial charge is 0.338 e. The van der Waals surface area contributed by atoms with Crippen LogP contribution in [0, 0.1) is 0 Å². The summed E-state index contributed by atoms with van der Waals surface area (Å²) in [7, 11) is 0. The first kappa shape index (κ1) is 19.6. The average molecular weight is 326 g/mol. The van der Waals surface area contributed by atoms with Crippen LogP contribution in [0.15, 0.2) is 4.52 Å². The summed E-state index contributed by atoms with van der Waals surface area (Å²) in [4.78, 5) is 9.14. The van der Waals surface area contributed by atoms with Crippen LogP contribution in [0.4, 0.5) is 0 Å². The van der Waals surface area contributed by atoms with Crippen molar-refractivity contribution in [2.24, 2.45) is 5.73 Å². The first-order valence-electron chi connectivity index (χ1n) is 6.55. The van der Waals surface area contributed by atoms with Crippen LogP contribution in [0.1, 0.15) is 32.5 Å². The molecule has 0 saturated carbocycles. The topological polar surface area (TPSA) is 71.4 Å². The molecule has 1 aromatic rings. The number of halogens is 2. The third kappa shape index (κ3) is 5.18. The fourth-order valence-electron chi connectivity index (χ4n) is 2.04. The quantitative estimate of drug-likeness (QED) is 0.898. The van der Waals surface area contributed by atoms with Gasteiger partial charge in [0.25, 0.3) is 0 Å². The fraction of sp³-hybridized carbons (Fsp3) is 0.833. The van der Waals surface area contributed by atoms with Crippen LogP contribution in [-0.2, 0) is 12.1 Å². The van der Waals surface area contributed by atoms with E-state index in [0.717, 1.165) is 39.3 Å². The highest BCUT2D eigenvalue weighted by Gasteiger charge is 2.23. The summed E-state index contributed by atoms with van der Waals surface area (Å²) in [5.41, 5.74) is 5.40. The minimum absolute atomic E-state index is 0. The van der Waals surface area contributed by atoms with Gasteiger partial charge in [-0.25, -0.2) is 0 Å². The van der Waals surface area contributed by atoms with Crippen molar-refractivity contribution in [3.8, 4) is 0 Å². The molecule has 0 radical (unpaired) electrons. The van der Waals surface area contributed by atoms with E-state index in [1.54, 1.807) is 0 Å². The molecule has 0 unspecified atom stereocenters. The van der Waals surface area contributed by atoms with Gasteiger partial charge < -0.3 is 15.2 Å². The predicted molar refractivity (Wildman–Crippen MR) is 83.4 cm³/mol. The van der Waals surface area contributed by atoms with Crippen molar-refractivity contribution in [3.63, 3.8) is 0 Å². The van der Waals surface area contributed by atoms with Gasteiger partial charge in [0.05, 0.1) is 12.1 Å². The third-order valence-corrected chi connectivity index (χ3v) is 3.32. The lowest BCUT2D eigenvalue weighted by Crippen LogP contribution is -2.45. The molecule has 0 atom stereocenters. The number of rotatable bonds is 4. The molecule has 0 aromatic carbocycles. The Bertz CT molecular complexity index is 385. The first-order chi connectivity index (χ1) is 8.49. The van der Waals surface area contributed by atoms with Gasteiger partial charge in [-0.15, -0.1) is 24.8 Å². The highest BCUT2D eigenvalue weighted by molar-refractivity contribution is 5.85. The number of hydrogen-bond donors (Lipinski definition) is 1. The number of likely N-dealkylation sites (N-methyl/N-ethyl adjacent to an activating group) is 1. The van der Waals surface area contributed by atoms with E-state index >= 15 is 0 Å².